The third kappa shape index (κ3) is 12.4. The van der Waals surface area contributed by atoms with Gasteiger partial charge in [0.2, 0.25) is 0 Å². The van der Waals surface area contributed by atoms with Gasteiger partial charge >= 0.3 is 0 Å². The van der Waals surface area contributed by atoms with Gasteiger partial charge in [0, 0.05) is 12.1 Å². The van der Waals surface area contributed by atoms with Crippen LogP contribution in [0.4, 0.5) is 0 Å². The highest BCUT2D eigenvalue weighted by atomic mass is 15.2. The molecule has 3 heteroatoms. The summed E-state index contributed by atoms with van der Waals surface area (Å²) < 4.78 is 0. The predicted molar refractivity (Wildman–Crippen MR) is 149 cm³/mol. The summed E-state index contributed by atoms with van der Waals surface area (Å²) in [4.78, 5) is 5.05. The van der Waals surface area contributed by atoms with Crippen LogP contribution in [-0.2, 0) is 0 Å². The van der Waals surface area contributed by atoms with Gasteiger partial charge in [-0.05, 0) is 127 Å². The fourth-order valence-electron chi connectivity index (χ4n) is 5.37. The van der Waals surface area contributed by atoms with Crippen molar-refractivity contribution in [2.24, 2.45) is 34.5 Å². The van der Waals surface area contributed by atoms with E-state index in [1.54, 1.807) is 0 Å². The molecule has 0 amide bonds. The summed E-state index contributed by atoms with van der Waals surface area (Å²) in [6.45, 7) is 33.3. The summed E-state index contributed by atoms with van der Waals surface area (Å²) in [5.41, 5.74) is 1.39. The molecule has 0 aromatic heterocycles. The topological polar surface area (TPSA) is 18.5 Å². The molecule has 3 heterocycles. The van der Waals surface area contributed by atoms with E-state index in [-0.39, 0.29) is 0 Å². The Hall–Kier alpha value is -0.120. The molecule has 1 N–H and O–H groups in total. The van der Waals surface area contributed by atoms with Gasteiger partial charge in [-0.15, -0.1) is 0 Å². The van der Waals surface area contributed by atoms with Gasteiger partial charge in [0.25, 0.3) is 0 Å². The molecule has 0 aromatic rings. The summed E-state index contributed by atoms with van der Waals surface area (Å²) in [5.74, 6) is 3.59. The van der Waals surface area contributed by atoms with Crippen molar-refractivity contribution >= 4 is 0 Å². The van der Waals surface area contributed by atoms with Gasteiger partial charge in [0.05, 0.1) is 0 Å². The number of nitrogens with one attached hydrogen (secondary N) is 1. The Morgan fingerprint density at radius 3 is 1.58 bits per heavy atom. The molecule has 3 fully saturated rings. The van der Waals surface area contributed by atoms with E-state index < -0.39 is 0 Å². The summed E-state index contributed by atoms with van der Waals surface area (Å²) in [6, 6.07) is 0. The maximum Gasteiger partial charge on any atom is 0.0125 e. The van der Waals surface area contributed by atoms with Crippen molar-refractivity contribution < 1.29 is 0 Å². The minimum atomic E-state index is 0.389. The number of rotatable bonds is 0. The first-order valence-electron chi connectivity index (χ1n) is 14.1. The highest BCUT2D eigenvalue weighted by Crippen LogP contribution is 2.33. The second-order valence-corrected chi connectivity index (χ2v) is 14.9. The van der Waals surface area contributed by atoms with Gasteiger partial charge in [-0.3, -0.25) is 4.90 Å². The summed E-state index contributed by atoms with van der Waals surface area (Å²) in [7, 11) is 2.23. The van der Waals surface area contributed by atoms with Crippen LogP contribution in [0, 0.1) is 34.5 Å². The second kappa shape index (κ2) is 13.3. The average Bonchev–Trinajstić information content (AvgIpc) is 2.67. The molecule has 3 unspecified atom stereocenters. The SMILES string of the molecule is CC1CCN(C(C)(C)C)CC1.CC1CNCC(C(C)(C)C)C1.CN1CCCC(C(C)(C)C)C1. The molecule has 3 atom stereocenters. The Labute approximate surface area is 209 Å². The van der Waals surface area contributed by atoms with Crippen LogP contribution in [0.5, 0.6) is 0 Å². The van der Waals surface area contributed by atoms with E-state index in [4.69, 9.17) is 0 Å². The Kier molecular flexibility index (Phi) is 12.4. The first-order chi connectivity index (χ1) is 15.0. The molecule has 0 radical (unpaired) electrons. The van der Waals surface area contributed by atoms with Gasteiger partial charge in [-0.25, -0.2) is 0 Å². The largest absolute Gasteiger partial charge is 0.316 e. The van der Waals surface area contributed by atoms with Crippen molar-refractivity contribution in [3.8, 4) is 0 Å². The molecule has 0 spiro atoms. The number of piperidine rings is 3. The molecule has 0 saturated carbocycles. The fourth-order valence-corrected chi connectivity index (χ4v) is 5.37. The molecule has 3 aliphatic heterocycles. The third-order valence-electron chi connectivity index (χ3n) is 8.38. The van der Waals surface area contributed by atoms with Crippen molar-refractivity contribution in [2.75, 3.05) is 46.3 Å². The smallest absolute Gasteiger partial charge is 0.0125 e. The molecular weight excluding hydrogens is 402 g/mol. The van der Waals surface area contributed by atoms with Crippen LogP contribution in [-0.4, -0.2) is 61.7 Å². The molecule has 3 rings (SSSR count). The van der Waals surface area contributed by atoms with Crippen molar-refractivity contribution in [1.29, 1.82) is 0 Å². The monoisotopic (exact) mass is 466 g/mol. The zero-order chi connectivity index (χ0) is 25.4. The molecule has 0 aromatic carbocycles. The summed E-state index contributed by atoms with van der Waals surface area (Å²) in [6.07, 6.45) is 6.98. The van der Waals surface area contributed by atoms with E-state index in [1.165, 1.54) is 71.4 Å². The maximum absolute atomic E-state index is 3.49. The quantitative estimate of drug-likeness (QED) is 0.409. The van der Waals surface area contributed by atoms with Gasteiger partial charge in [0.15, 0.2) is 0 Å². The van der Waals surface area contributed by atoms with E-state index in [0.29, 0.717) is 16.4 Å². The summed E-state index contributed by atoms with van der Waals surface area (Å²) >= 11 is 0. The van der Waals surface area contributed by atoms with Gasteiger partial charge < -0.3 is 10.2 Å². The van der Waals surface area contributed by atoms with Gasteiger partial charge in [0.1, 0.15) is 0 Å². The molecule has 0 bridgehead atoms. The fraction of sp³-hybridized carbons (Fsp3) is 1.00. The van der Waals surface area contributed by atoms with Crippen LogP contribution in [0.2, 0.25) is 0 Å². The Morgan fingerprint density at radius 2 is 1.21 bits per heavy atom. The Balaban J connectivity index is 0.000000247. The molecule has 3 saturated heterocycles. The molecule has 0 aliphatic carbocycles. The molecule has 3 aliphatic rings. The van der Waals surface area contributed by atoms with Crippen LogP contribution in [0.1, 0.15) is 108 Å². The van der Waals surface area contributed by atoms with E-state index in [2.05, 4.69) is 98.3 Å². The zero-order valence-electron chi connectivity index (χ0n) is 25.0. The highest BCUT2D eigenvalue weighted by Gasteiger charge is 2.29. The lowest BCUT2D eigenvalue weighted by molar-refractivity contribution is 0.0916. The zero-order valence-corrected chi connectivity index (χ0v) is 25.0. The summed E-state index contributed by atoms with van der Waals surface area (Å²) in [5, 5.41) is 3.49. The van der Waals surface area contributed by atoms with Crippen LogP contribution < -0.4 is 5.32 Å². The average molecular weight is 466 g/mol. The number of likely N-dealkylation sites (tertiary alicyclic amines) is 2. The lowest BCUT2D eigenvalue weighted by atomic mass is 9.74. The predicted octanol–water partition coefficient (Wildman–Crippen LogP) is 7.17. The Bertz CT molecular complexity index is 482. The maximum atomic E-state index is 3.49. The number of hydrogen-bond donors (Lipinski definition) is 1. The van der Waals surface area contributed by atoms with Crippen molar-refractivity contribution in [2.45, 2.75) is 114 Å². The highest BCUT2D eigenvalue weighted by molar-refractivity contribution is 4.82. The number of nitrogens with zero attached hydrogens (tertiary/aromatic N) is 2. The van der Waals surface area contributed by atoms with E-state index in [1.807, 2.05) is 0 Å². The minimum Gasteiger partial charge on any atom is -0.316 e. The Morgan fingerprint density at radius 1 is 0.667 bits per heavy atom. The number of hydrogen-bond acceptors (Lipinski definition) is 3. The minimum absolute atomic E-state index is 0.389. The normalized spacial score (nSPS) is 28.9. The molecule has 33 heavy (non-hydrogen) atoms. The van der Waals surface area contributed by atoms with E-state index in [9.17, 15) is 0 Å². The molecule has 3 nitrogen and oxygen atoms in total. The lowest BCUT2D eigenvalue weighted by Crippen LogP contribution is -2.45. The van der Waals surface area contributed by atoms with Gasteiger partial charge in [-0.1, -0.05) is 55.4 Å². The standard InChI is InChI=1S/3C10H21N/c1-8-5-9(7-11-6-8)10(2,3)4;1-9-5-7-11(8-6-9)10(2,3)4;1-10(2,3)9-6-5-7-11(4)8-9/h8-9,11H,5-7H2,1-4H3;2*9H,5-8H2,1-4H3. The van der Waals surface area contributed by atoms with Crippen LogP contribution >= 0.6 is 0 Å². The van der Waals surface area contributed by atoms with Crippen LogP contribution in [0.25, 0.3) is 0 Å². The molecular formula is C30H63N3. The first kappa shape index (κ1) is 30.9. The second-order valence-electron chi connectivity index (χ2n) is 14.9. The van der Waals surface area contributed by atoms with Crippen LogP contribution in [0.15, 0.2) is 0 Å². The molecule has 198 valence electrons. The van der Waals surface area contributed by atoms with Crippen molar-refractivity contribution in [1.82, 2.24) is 15.1 Å². The van der Waals surface area contributed by atoms with E-state index in [0.717, 1.165) is 23.7 Å². The van der Waals surface area contributed by atoms with Crippen molar-refractivity contribution in [3.05, 3.63) is 0 Å². The van der Waals surface area contributed by atoms with E-state index >= 15 is 0 Å². The first-order valence-corrected chi connectivity index (χ1v) is 14.1. The third-order valence-corrected chi connectivity index (χ3v) is 8.38. The van der Waals surface area contributed by atoms with Gasteiger partial charge in [-0.2, -0.15) is 0 Å². The van der Waals surface area contributed by atoms with Crippen LogP contribution in [0.3, 0.4) is 0 Å². The lowest BCUT2D eigenvalue weighted by Gasteiger charge is -2.40. The van der Waals surface area contributed by atoms with Crippen molar-refractivity contribution in [3.63, 3.8) is 0 Å².